The molecular weight excluding hydrogens is 291 g/mol. The maximum atomic E-state index is 12.9. The van der Waals surface area contributed by atoms with Crippen molar-refractivity contribution in [2.75, 3.05) is 0 Å². The Balaban J connectivity index is 2.40. The molecule has 0 atom stereocenters. The third kappa shape index (κ3) is 3.55. The number of nitrogens with zero attached hydrogens (tertiary/aromatic N) is 1. The second-order valence-corrected chi connectivity index (χ2v) is 4.37. The van der Waals surface area contributed by atoms with E-state index in [1.54, 1.807) is 0 Å². The Hall–Kier alpha value is -3.00. The van der Waals surface area contributed by atoms with Gasteiger partial charge in [-0.3, -0.25) is 15.2 Å². The fraction of sp³-hybridized carbons (Fsp3) is 0.0714. The zero-order chi connectivity index (χ0) is 16.1. The van der Waals surface area contributed by atoms with Crippen molar-refractivity contribution in [3.63, 3.8) is 0 Å². The fourth-order valence-electron chi connectivity index (χ4n) is 1.86. The molecule has 1 heterocycles. The molecule has 0 spiro atoms. The third-order valence-electron chi connectivity index (χ3n) is 2.93. The molecule has 22 heavy (non-hydrogen) atoms. The number of hydrogen-bond donors (Lipinski definition) is 4. The second-order valence-electron chi connectivity index (χ2n) is 4.37. The van der Waals surface area contributed by atoms with Crippen LogP contribution < -0.4 is 16.6 Å². The van der Waals surface area contributed by atoms with Crippen LogP contribution in [0.2, 0.25) is 0 Å². The van der Waals surface area contributed by atoms with Gasteiger partial charge in [0.05, 0.1) is 5.69 Å². The van der Waals surface area contributed by atoms with Gasteiger partial charge in [-0.2, -0.15) is 0 Å². The highest BCUT2D eigenvalue weighted by Crippen LogP contribution is 2.20. The van der Waals surface area contributed by atoms with Crippen LogP contribution in [0.15, 0.2) is 36.5 Å². The van der Waals surface area contributed by atoms with Gasteiger partial charge in [0.1, 0.15) is 5.82 Å². The number of nitrogens with one attached hydrogen (secondary N) is 2. The summed E-state index contributed by atoms with van der Waals surface area (Å²) in [6.07, 6.45) is 0.154. The molecule has 0 saturated heterocycles. The van der Waals surface area contributed by atoms with E-state index in [9.17, 15) is 14.0 Å². The first-order valence-electron chi connectivity index (χ1n) is 6.24. The van der Waals surface area contributed by atoms with Gasteiger partial charge in [0.2, 0.25) is 0 Å². The van der Waals surface area contributed by atoms with Gasteiger partial charge >= 0.3 is 6.09 Å². The van der Waals surface area contributed by atoms with E-state index >= 15 is 0 Å². The van der Waals surface area contributed by atoms with Gasteiger partial charge in [0.15, 0.2) is 0 Å². The van der Waals surface area contributed by atoms with Crippen LogP contribution >= 0.6 is 0 Å². The topological polar surface area (TPSA) is 117 Å². The predicted octanol–water partition coefficient (Wildman–Crippen LogP) is 1.26. The molecule has 7 nitrogen and oxygen atoms in total. The Bertz CT molecular complexity index is 704. The molecule has 0 saturated carbocycles. The van der Waals surface area contributed by atoms with E-state index in [-0.39, 0.29) is 17.9 Å². The number of carbonyl (C=O) groups excluding carboxylic acids is 1. The number of benzene rings is 1. The molecule has 0 radical (unpaired) electrons. The second kappa shape index (κ2) is 6.64. The molecule has 0 unspecified atom stereocenters. The first-order valence-corrected chi connectivity index (χ1v) is 6.24. The largest absolute Gasteiger partial charge is 0.465 e. The van der Waals surface area contributed by atoms with Crippen LogP contribution in [0.3, 0.4) is 0 Å². The molecule has 0 aliphatic rings. The Labute approximate surface area is 124 Å². The number of halogens is 1. The predicted molar refractivity (Wildman–Crippen MR) is 76.1 cm³/mol. The molecule has 0 aliphatic carbocycles. The molecule has 114 valence electrons. The lowest BCUT2D eigenvalue weighted by Crippen LogP contribution is -2.32. The molecule has 5 N–H and O–H groups in total. The quantitative estimate of drug-likeness (QED) is 0.385. The van der Waals surface area contributed by atoms with E-state index in [1.807, 2.05) is 5.43 Å². The standard InChI is InChI=1S/C14H13FN4O3/c15-10-3-1-8(2-4-10)12-5-11(13(20)19-16)9(6-17-12)7-18-14(21)22/h1-6,18H,7,16H2,(H,19,20)(H,21,22). The number of rotatable bonds is 4. The monoisotopic (exact) mass is 304 g/mol. The number of amides is 2. The van der Waals surface area contributed by atoms with Crippen LogP contribution in [0.25, 0.3) is 11.3 Å². The van der Waals surface area contributed by atoms with Crippen molar-refractivity contribution in [2.24, 2.45) is 5.84 Å². The summed E-state index contributed by atoms with van der Waals surface area (Å²) in [6.45, 7) is -0.0885. The summed E-state index contributed by atoms with van der Waals surface area (Å²) in [5.74, 6) is 4.17. The van der Waals surface area contributed by atoms with Crippen molar-refractivity contribution in [1.82, 2.24) is 15.7 Å². The maximum Gasteiger partial charge on any atom is 0.404 e. The molecule has 2 rings (SSSR count). The van der Waals surface area contributed by atoms with Crippen molar-refractivity contribution < 1.29 is 19.1 Å². The average Bonchev–Trinajstić information content (AvgIpc) is 2.52. The lowest BCUT2D eigenvalue weighted by atomic mass is 10.0. The van der Waals surface area contributed by atoms with Gasteiger partial charge in [-0.05, 0) is 30.3 Å². The van der Waals surface area contributed by atoms with E-state index in [4.69, 9.17) is 10.9 Å². The zero-order valence-corrected chi connectivity index (χ0v) is 11.3. The fourth-order valence-corrected chi connectivity index (χ4v) is 1.86. The number of aromatic nitrogens is 1. The first kappa shape index (κ1) is 15.4. The van der Waals surface area contributed by atoms with Gasteiger partial charge in [0.25, 0.3) is 5.91 Å². The van der Waals surface area contributed by atoms with Crippen molar-refractivity contribution in [2.45, 2.75) is 6.54 Å². The van der Waals surface area contributed by atoms with Crippen molar-refractivity contribution in [1.29, 1.82) is 0 Å². The molecule has 0 fully saturated rings. The Morgan fingerprint density at radius 2 is 1.95 bits per heavy atom. The van der Waals surface area contributed by atoms with Crippen LogP contribution in [0.4, 0.5) is 9.18 Å². The van der Waals surface area contributed by atoms with Crippen LogP contribution in [0.5, 0.6) is 0 Å². The number of carboxylic acid groups (broad SMARTS) is 1. The first-order chi connectivity index (χ1) is 10.5. The lowest BCUT2D eigenvalue weighted by molar-refractivity contribution is 0.0952. The highest BCUT2D eigenvalue weighted by atomic mass is 19.1. The number of nitrogens with two attached hydrogens (primary N) is 1. The number of carbonyl (C=O) groups is 2. The number of nitrogen functional groups attached to an aromatic ring is 1. The summed E-state index contributed by atoms with van der Waals surface area (Å²) in [7, 11) is 0. The minimum Gasteiger partial charge on any atom is -0.465 e. The van der Waals surface area contributed by atoms with Crippen LogP contribution in [-0.2, 0) is 6.54 Å². The van der Waals surface area contributed by atoms with E-state index in [0.29, 0.717) is 16.8 Å². The SMILES string of the molecule is NNC(=O)c1cc(-c2ccc(F)cc2)ncc1CNC(=O)O. The minimum atomic E-state index is -1.22. The molecule has 0 bridgehead atoms. The Kier molecular flexibility index (Phi) is 4.64. The van der Waals surface area contributed by atoms with E-state index in [0.717, 1.165) is 0 Å². The normalized spacial score (nSPS) is 10.1. The van der Waals surface area contributed by atoms with Gasteiger partial charge in [0, 0.05) is 29.4 Å². The van der Waals surface area contributed by atoms with E-state index < -0.39 is 12.0 Å². The zero-order valence-electron chi connectivity index (χ0n) is 11.3. The molecule has 8 heteroatoms. The van der Waals surface area contributed by atoms with E-state index in [2.05, 4.69) is 10.3 Å². The highest BCUT2D eigenvalue weighted by Gasteiger charge is 2.14. The van der Waals surface area contributed by atoms with Gasteiger partial charge in [-0.1, -0.05) is 0 Å². The molecular formula is C14H13FN4O3. The summed E-state index contributed by atoms with van der Waals surface area (Å²) in [6, 6.07) is 7.07. The molecule has 2 amide bonds. The minimum absolute atomic E-state index is 0.0885. The highest BCUT2D eigenvalue weighted by molar-refractivity contribution is 5.96. The van der Waals surface area contributed by atoms with E-state index in [1.165, 1.54) is 36.5 Å². The lowest BCUT2D eigenvalue weighted by Gasteiger charge is -2.10. The van der Waals surface area contributed by atoms with Gasteiger partial charge in [-0.15, -0.1) is 0 Å². The van der Waals surface area contributed by atoms with Crippen molar-refractivity contribution in [3.8, 4) is 11.3 Å². The Morgan fingerprint density at radius 3 is 2.55 bits per heavy atom. The summed E-state index contributed by atoms with van der Waals surface area (Å²) >= 11 is 0. The van der Waals surface area contributed by atoms with Crippen molar-refractivity contribution in [3.05, 3.63) is 53.5 Å². The summed E-state index contributed by atoms with van der Waals surface area (Å²) in [5.41, 5.74) is 3.61. The molecule has 2 aromatic rings. The summed E-state index contributed by atoms with van der Waals surface area (Å²) in [4.78, 5) is 26.5. The number of pyridine rings is 1. The van der Waals surface area contributed by atoms with Crippen LogP contribution in [0.1, 0.15) is 15.9 Å². The average molecular weight is 304 g/mol. The number of hydrazine groups is 1. The molecule has 0 aliphatic heterocycles. The van der Waals surface area contributed by atoms with Crippen molar-refractivity contribution >= 4 is 12.0 Å². The van der Waals surface area contributed by atoms with Gasteiger partial charge < -0.3 is 10.4 Å². The summed E-state index contributed by atoms with van der Waals surface area (Å²) < 4.78 is 12.9. The smallest absolute Gasteiger partial charge is 0.404 e. The van der Waals surface area contributed by atoms with Crippen LogP contribution in [0, 0.1) is 5.82 Å². The van der Waals surface area contributed by atoms with Gasteiger partial charge in [-0.25, -0.2) is 15.0 Å². The Morgan fingerprint density at radius 1 is 1.27 bits per heavy atom. The number of hydrogen-bond acceptors (Lipinski definition) is 4. The maximum absolute atomic E-state index is 12.9. The molecule has 1 aromatic heterocycles. The molecule has 1 aromatic carbocycles. The third-order valence-corrected chi connectivity index (χ3v) is 2.93. The van der Waals surface area contributed by atoms with Crippen LogP contribution in [-0.4, -0.2) is 22.1 Å². The summed E-state index contributed by atoms with van der Waals surface area (Å²) in [5, 5.41) is 10.8.